The Morgan fingerprint density at radius 2 is 0.906 bits per heavy atom. The summed E-state index contributed by atoms with van der Waals surface area (Å²) in [6.07, 6.45) is 5.38. The van der Waals surface area contributed by atoms with Crippen molar-refractivity contribution in [2.45, 2.75) is 12.3 Å². The second-order valence-corrected chi connectivity index (χ2v) is 7.59. The van der Waals surface area contributed by atoms with Crippen LogP contribution in [0.5, 0.6) is 0 Å². The van der Waals surface area contributed by atoms with E-state index in [2.05, 4.69) is 21.9 Å². The Balaban J connectivity index is 1.63. The number of hydrogen-bond acceptors (Lipinski definition) is 5. The van der Waals surface area contributed by atoms with Crippen LogP contribution in [0, 0.1) is 0 Å². The molecule has 154 valence electrons. The van der Waals surface area contributed by atoms with E-state index in [1.165, 1.54) is 0 Å². The topological polar surface area (TPSA) is 64.5 Å². The third kappa shape index (κ3) is 3.65. The Labute approximate surface area is 186 Å². The highest BCUT2D eigenvalue weighted by atomic mass is 14.9. The quantitative estimate of drug-likeness (QED) is 0.387. The smallest absolute Gasteiger partial charge is 0.0939 e. The van der Waals surface area contributed by atoms with Crippen molar-refractivity contribution in [1.29, 1.82) is 0 Å². The Kier molecular flexibility index (Phi) is 5.22. The summed E-state index contributed by atoms with van der Waals surface area (Å²) in [6.45, 7) is 2.11. The summed E-state index contributed by atoms with van der Waals surface area (Å²) in [4.78, 5) is 23.6. The van der Waals surface area contributed by atoms with Crippen molar-refractivity contribution in [1.82, 2.24) is 24.9 Å². The molecule has 5 nitrogen and oxygen atoms in total. The highest BCUT2D eigenvalue weighted by molar-refractivity contribution is 5.62. The van der Waals surface area contributed by atoms with Gasteiger partial charge in [0.1, 0.15) is 0 Å². The van der Waals surface area contributed by atoms with Gasteiger partial charge in [0.2, 0.25) is 0 Å². The minimum atomic E-state index is -0.614. The SMILES string of the molecule is CC(c1ccccn1)(c1ccccn1)c1cccc(-c2cccc(-c3ccccn3)n2)n1. The van der Waals surface area contributed by atoms with Gasteiger partial charge < -0.3 is 0 Å². The number of hydrogen-bond donors (Lipinski definition) is 0. The summed E-state index contributed by atoms with van der Waals surface area (Å²) in [6, 6.07) is 29.6. The highest BCUT2D eigenvalue weighted by Crippen LogP contribution is 2.36. The van der Waals surface area contributed by atoms with Gasteiger partial charge in [0.15, 0.2) is 0 Å². The molecular weight excluding hydrogens is 394 g/mol. The van der Waals surface area contributed by atoms with Crippen LogP contribution >= 0.6 is 0 Å². The third-order valence-electron chi connectivity index (χ3n) is 5.55. The zero-order valence-electron chi connectivity index (χ0n) is 17.6. The molecule has 5 rings (SSSR count). The maximum Gasteiger partial charge on any atom is 0.0939 e. The van der Waals surface area contributed by atoms with Crippen molar-refractivity contribution in [2.24, 2.45) is 0 Å². The van der Waals surface area contributed by atoms with E-state index in [9.17, 15) is 0 Å². The number of nitrogens with zero attached hydrogens (tertiary/aromatic N) is 5. The van der Waals surface area contributed by atoms with Crippen molar-refractivity contribution in [2.75, 3.05) is 0 Å². The lowest BCUT2D eigenvalue weighted by Crippen LogP contribution is -2.29. The normalized spacial score (nSPS) is 11.3. The number of rotatable bonds is 5. The number of aromatic nitrogens is 5. The molecule has 0 N–H and O–H groups in total. The van der Waals surface area contributed by atoms with Crippen LogP contribution in [0.2, 0.25) is 0 Å². The molecule has 0 aliphatic carbocycles. The van der Waals surface area contributed by atoms with Gasteiger partial charge in [0, 0.05) is 18.6 Å². The molecule has 0 aliphatic rings. The third-order valence-corrected chi connectivity index (χ3v) is 5.55. The lowest BCUT2D eigenvalue weighted by atomic mass is 9.78. The van der Waals surface area contributed by atoms with Crippen molar-refractivity contribution in [3.05, 3.63) is 127 Å². The molecule has 0 radical (unpaired) electrons. The van der Waals surface area contributed by atoms with E-state index in [1.54, 1.807) is 18.6 Å². The summed E-state index contributed by atoms with van der Waals surface area (Å²) < 4.78 is 0. The van der Waals surface area contributed by atoms with Gasteiger partial charge in [0.05, 0.1) is 45.3 Å². The van der Waals surface area contributed by atoms with E-state index >= 15 is 0 Å². The van der Waals surface area contributed by atoms with Crippen molar-refractivity contribution in [3.8, 4) is 22.8 Å². The second-order valence-electron chi connectivity index (χ2n) is 7.59. The van der Waals surface area contributed by atoms with Gasteiger partial charge in [0.25, 0.3) is 0 Å². The zero-order chi connectivity index (χ0) is 21.8. The standard InChI is InChI=1S/C27H21N5/c1-27(24-14-3-6-18-29-24,25-15-4-7-19-30-25)26-16-9-13-23(32-26)22-12-8-11-21(31-22)20-10-2-5-17-28-20/h2-19H,1H3. The molecule has 0 aliphatic heterocycles. The first-order valence-corrected chi connectivity index (χ1v) is 10.4. The van der Waals surface area contributed by atoms with E-state index in [1.807, 2.05) is 91.0 Å². The molecule has 0 aromatic carbocycles. The Morgan fingerprint density at radius 3 is 1.47 bits per heavy atom. The first kappa shape index (κ1) is 19.7. The van der Waals surface area contributed by atoms with E-state index in [0.717, 1.165) is 39.9 Å². The largest absolute Gasteiger partial charge is 0.260 e. The molecule has 5 heteroatoms. The van der Waals surface area contributed by atoms with Crippen LogP contribution in [0.15, 0.2) is 110 Å². The van der Waals surface area contributed by atoms with E-state index < -0.39 is 5.41 Å². The van der Waals surface area contributed by atoms with Crippen LogP contribution < -0.4 is 0 Å². The molecule has 0 saturated carbocycles. The first-order chi connectivity index (χ1) is 15.7. The highest BCUT2D eigenvalue weighted by Gasteiger charge is 2.35. The molecule has 5 aromatic heterocycles. The van der Waals surface area contributed by atoms with Crippen molar-refractivity contribution < 1.29 is 0 Å². The summed E-state index contributed by atoms with van der Waals surface area (Å²) in [5.41, 5.74) is 5.24. The summed E-state index contributed by atoms with van der Waals surface area (Å²) in [5, 5.41) is 0. The lowest BCUT2D eigenvalue weighted by molar-refractivity contribution is 0.620. The van der Waals surface area contributed by atoms with Crippen molar-refractivity contribution in [3.63, 3.8) is 0 Å². The van der Waals surface area contributed by atoms with E-state index in [0.29, 0.717) is 0 Å². The van der Waals surface area contributed by atoms with Gasteiger partial charge in [-0.25, -0.2) is 9.97 Å². The van der Waals surface area contributed by atoms with E-state index in [-0.39, 0.29) is 0 Å². The summed E-state index contributed by atoms with van der Waals surface area (Å²) in [7, 11) is 0. The molecule has 32 heavy (non-hydrogen) atoms. The minimum absolute atomic E-state index is 0.614. The molecule has 0 unspecified atom stereocenters. The van der Waals surface area contributed by atoms with Crippen LogP contribution in [0.3, 0.4) is 0 Å². The predicted octanol–water partition coefficient (Wildman–Crippen LogP) is 5.35. The maximum absolute atomic E-state index is 5.04. The monoisotopic (exact) mass is 415 g/mol. The fourth-order valence-corrected chi connectivity index (χ4v) is 3.80. The fourth-order valence-electron chi connectivity index (χ4n) is 3.80. The predicted molar refractivity (Wildman–Crippen MR) is 125 cm³/mol. The van der Waals surface area contributed by atoms with Crippen molar-refractivity contribution >= 4 is 0 Å². The molecule has 0 bridgehead atoms. The van der Waals surface area contributed by atoms with Gasteiger partial charge in [-0.05, 0) is 67.6 Å². The average Bonchev–Trinajstić information content (AvgIpc) is 2.90. The van der Waals surface area contributed by atoms with Crippen LogP contribution in [-0.4, -0.2) is 24.9 Å². The lowest BCUT2D eigenvalue weighted by Gasteiger charge is -2.28. The first-order valence-electron chi connectivity index (χ1n) is 10.4. The zero-order valence-corrected chi connectivity index (χ0v) is 17.6. The van der Waals surface area contributed by atoms with Gasteiger partial charge >= 0.3 is 0 Å². The van der Waals surface area contributed by atoms with Crippen LogP contribution in [0.25, 0.3) is 22.8 Å². The fraction of sp³-hybridized carbons (Fsp3) is 0.0741. The van der Waals surface area contributed by atoms with Crippen LogP contribution in [-0.2, 0) is 5.41 Å². The molecule has 0 spiro atoms. The molecule has 5 heterocycles. The molecule has 5 aromatic rings. The van der Waals surface area contributed by atoms with E-state index in [4.69, 9.17) is 9.97 Å². The number of pyridine rings is 5. The van der Waals surface area contributed by atoms with Gasteiger partial charge in [-0.3, -0.25) is 15.0 Å². The minimum Gasteiger partial charge on any atom is -0.260 e. The molecule has 0 fully saturated rings. The molecule has 0 atom stereocenters. The Bertz CT molecular complexity index is 1280. The molecule has 0 saturated heterocycles. The average molecular weight is 416 g/mol. The molecular formula is C27H21N5. The maximum atomic E-state index is 5.04. The Morgan fingerprint density at radius 1 is 0.438 bits per heavy atom. The van der Waals surface area contributed by atoms with Gasteiger partial charge in [-0.15, -0.1) is 0 Å². The van der Waals surface area contributed by atoms with Crippen LogP contribution in [0.1, 0.15) is 24.0 Å². The van der Waals surface area contributed by atoms with Gasteiger partial charge in [-0.2, -0.15) is 0 Å². The van der Waals surface area contributed by atoms with Gasteiger partial charge in [-0.1, -0.05) is 30.3 Å². The summed E-state index contributed by atoms with van der Waals surface area (Å²) >= 11 is 0. The second kappa shape index (κ2) is 8.47. The van der Waals surface area contributed by atoms with Crippen LogP contribution in [0.4, 0.5) is 0 Å². The summed E-state index contributed by atoms with van der Waals surface area (Å²) in [5.74, 6) is 0. The Hall–Kier alpha value is -4.25. The molecule has 0 amide bonds.